The van der Waals surface area contributed by atoms with Crippen LogP contribution >= 0.6 is 15.9 Å². The van der Waals surface area contributed by atoms with Gasteiger partial charge in [-0.1, -0.05) is 5.16 Å². The molecule has 1 aliphatic rings. The maximum Gasteiger partial charge on any atom is 0.176 e. The Bertz CT molecular complexity index is 568. The molecule has 2 aromatic rings. The molecule has 5 nitrogen and oxygen atoms in total. The normalized spacial score (nSPS) is 13.7. The molecular weight excluding hydrogens is 288 g/mol. The Balaban J connectivity index is 2.12. The molecule has 1 aliphatic heterocycles. The van der Waals surface area contributed by atoms with Gasteiger partial charge in [0, 0.05) is 11.6 Å². The second-order valence-corrected chi connectivity index (χ2v) is 4.36. The van der Waals surface area contributed by atoms with Crippen molar-refractivity contribution < 1.29 is 14.0 Å². The number of hydrogen-bond donors (Lipinski definition) is 1. The highest BCUT2D eigenvalue weighted by molar-refractivity contribution is 9.10. The van der Waals surface area contributed by atoms with E-state index in [-0.39, 0.29) is 0 Å². The van der Waals surface area contributed by atoms with Crippen LogP contribution in [0.5, 0.6) is 11.5 Å². The van der Waals surface area contributed by atoms with E-state index in [1.807, 2.05) is 12.1 Å². The SMILES string of the molecule is Nc1cc(-c2ccc3c(c2Br)OCCO3)on1. The van der Waals surface area contributed by atoms with Gasteiger partial charge in [-0.15, -0.1) is 0 Å². The van der Waals surface area contributed by atoms with Crippen molar-refractivity contribution in [1.29, 1.82) is 0 Å². The minimum atomic E-state index is 0.349. The summed E-state index contributed by atoms with van der Waals surface area (Å²) in [6.07, 6.45) is 0. The van der Waals surface area contributed by atoms with Gasteiger partial charge in [0.1, 0.15) is 13.2 Å². The summed E-state index contributed by atoms with van der Waals surface area (Å²) in [4.78, 5) is 0. The second-order valence-electron chi connectivity index (χ2n) is 3.57. The lowest BCUT2D eigenvalue weighted by molar-refractivity contribution is 0.170. The predicted molar refractivity (Wildman–Crippen MR) is 65.0 cm³/mol. The summed E-state index contributed by atoms with van der Waals surface area (Å²) in [5.74, 6) is 2.34. The number of fused-ring (bicyclic) bond motifs is 1. The molecule has 0 atom stereocenters. The zero-order chi connectivity index (χ0) is 11.8. The summed E-state index contributed by atoms with van der Waals surface area (Å²) in [7, 11) is 0. The van der Waals surface area contributed by atoms with Gasteiger partial charge in [-0.2, -0.15) is 0 Å². The highest BCUT2D eigenvalue weighted by atomic mass is 79.9. The average molecular weight is 297 g/mol. The quantitative estimate of drug-likeness (QED) is 0.875. The molecule has 0 saturated heterocycles. The summed E-state index contributed by atoms with van der Waals surface area (Å²) < 4.78 is 16.9. The van der Waals surface area contributed by atoms with Crippen molar-refractivity contribution in [2.75, 3.05) is 18.9 Å². The monoisotopic (exact) mass is 296 g/mol. The Kier molecular flexibility index (Phi) is 2.44. The van der Waals surface area contributed by atoms with Crippen LogP contribution in [0, 0.1) is 0 Å². The van der Waals surface area contributed by atoms with Crippen molar-refractivity contribution in [2.24, 2.45) is 0 Å². The van der Waals surface area contributed by atoms with Crippen LogP contribution in [-0.4, -0.2) is 18.4 Å². The molecule has 17 heavy (non-hydrogen) atoms. The van der Waals surface area contributed by atoms with Gasteiger partial charge in [-0.25, -0.2) is 0 Å². The van der Waals surface area contributed by atoms with Crippen LogP contribution in [0.1, 0.15) is 0 Å². The Morgan fingerprint density at radius 1 is 1.24 bits per heavy atom. The summed E-state index contributed by atoms with van der Waals surface area (Å²) in [6, 6.07) is 5.38. The number of hydrogen-bond acceptors (Lipinski definition) is 5. The second kappa shape index (κ2) is 3.96. The van der Waals surface area contributed by atoms with Crippen LogP contribution in [0.15, 0.2) is 27.2 Å². The molecule has 0 aliphatic carbocycles. The van der Waals surface area contributed by atoms with Gasteiger partial charge >= 0.3 is 0 Å². The molecule has 3 rings (SSSR count). The van der Waals surface area contributed by atoms with E-state index in [1.165, 1.54) is 0 Å². The molecule has 0 bridgehead atoms. The van der Waals surface area contributed by atoms with Crippen molar-refractivity contribution in [2.45, 2.75) is 0 Å². The third-order valence-corrected chi connectivity index (χ3v) is 3.23. The summed E-state index contributed by atoms with van der Waals surface area (Å²) in [5.41, 5.74) is 6.36. The van der Waals surface area contributed by atoms with E-state index >= 15 is 0 Å². The maximum atomic E-state index is 5.56. The van der Waals surface area contributed by atoms with E-state index in [0.29, 0.717) is 30.5 Å². The molecule has 0 unspecified atom stereocenters. The first-order valence-electron chi connectivity index (χ1n) is 5.06. The van der Waals surface area contributed by atoms with Gasteiger partial charge in [-0.3, -0.25) is 0 Å². The number of aromatic nitrogens is 1. The van der Waals surface area contributed by atoms with Crippen LogP contribution < -0.4 is 15.2 Å². The number of nitrogens with zero attached hydrogens (tertiary/aromatic N) is 1. The van der Waals surface area contributed by atoms with Gasteiger partial charge in [0.25, 0.3) is 0 Å². The molecule has 2 N–H and O–H groups in total. The molecule has 1 aromatic heterocycles. The van der Waals surface area contributed by atoms with E-state index in [1.54, 1.807) is 6.07 Å². The van der Waals surface area contributed by atoms with Crippen molar-refractivity contribution in [3.8, 4) is 22.8 Å². The number of rotatable bonds is 1. The minimum Gasteiger partial charge on any atom is -0.486 e. The van der Waals surface area contributed by atoms with Gasteiger partial charge in [0.15, 0.2) is 23.1 Å². The molecule has 0 radical (unpaired) electrons. The summed E-state index contributed by atoms with van der Waals surface area (Å²) >= 11 is 3.48. The lowest BCUT2D eigenvalue weighted by atomic mass is 10.1. The Morgan fingerprint density at radius 2 is 2.06 bits per heavy atom. The van der Waals surface area contributed by atoms with Gasteiger partial charge in [0.05, 0.1) is 4.47 Å². The van der Waals surface area contributed by atoms with Crippen molar-refractivity contribution >= 4 is 21.7 Å². The van der Waals surface area contributed by atoms with Crippen LogP contribution in [0.2, 0.25) is 0 Å². The molecule has 1 aromatic carbocycles. The fourth-order valence-corrected chi connectivity index (χ4v) is 2.33. The topological polar surface area (TPSA) is 70.5 Å². The summed E-state index contributed by atoms with van der Waals surface area (Å²) in [6.45, 7) is 1.10. The number of ether oxygens (including phenoxy) is 2. The van der Waals surface area contributed by atoms with Gasteiger partial charge < -0.3 is 19.7 Å². The minimum absolute atomic E-state index is 0.349. The van der Waals surface area contributed by atoms with Gasteiger partial charge in [-0.05, 0) is 28.1 Å². The van der Waals surface area contributed by atoms with E-state index in [4.69, 9.17) is 19.7 Å². The van der Waals surface area contributed by atoms with E-state index < -0.39 is 0 Å². The molecular formula is C11H9BrN2O3. The first-order valence-corrected chi connectivity index (χ1v) is 5.85. The average Bonchev–Trinajstić information content (AvgIpc) is 2.77. The van der Waals surface area contributed by atoms with Crippen LogP contribution in [0.25, 0.3) is 11.3 Å². The van der Waals surface area contributed by atoms with Crippen LogP contribution in [-0.2, 0) is 0 Å². The van der Waals surface area contributed by atoms with Crippen molar-refractivity contribution in [3.05, 3.63) is 22.7 Å². The third-order valence-electron chi connectivity index (χ3n) is 2.44. The zero-order valence-corrected chi connectivity index (χ0v) is 10.4. The highest BCUT2D eigenvalue weighted by Gasteiger charge is 2.20. The molecule has 0 fully saturated rings. The number of anilines is 1. The Labute approximate surface area is 106 Å². The predicted octanol–water partition coefficient (Wildman–Crippen LogP) is 2.46. The lowest BCUT2D eigenvalue weighted by Gasteiger charge is -2.20. The fourth-order valence-electron chi connectivity index (χ4n) is 1.69. The maximum absolute atomic E-state index is 5.56. The zero-order valence-electron chi connectivity index (χ0n) is 8.77. The summed E-state index contributed by atoms with van der Waals surface area (Å²) in [5, 5.41) is 3.66. The first-order chi connectivity index (χ1) is 8.25. The molecule has 0 amide bonds. The van der Waals surface area contributed by atoms with Gasteiger partial charge in [0.2, 0.25) is 0 Å². The number of benzene rings is 1. The molecule has 0 saturated carbocycles. The van der Waals surface area contributed by atoms with E-state index in [0.717, 1.165) is 15.8 Å². The van der Waals surface area contributed by atoms with Crippen molar-refractivity contribution in [3.63, 3.8) is 0 Å². The standard InChI is InChI=1S/C11H9BrN2O3/c12-10-6(8-5-9(13)14-17-8)1-2-7-11(10)16-4-3-15-7/h1-2,5H,3-4H2,(H2,13,14). The number of nitrogen functional groups attached to an aromatic ring is 1. The largest absolute Gasteiger partial charge is 0.486 e. The smallest absolute Gasteiger partial charge is 0.176 e. The van der Waals surface area contributed by atoms with Crippen molar-refractivity contribution in [1.82, 2.24) is 5.16 Å². The Morgan fingerprint density at radius 3 is 2.82 bits per heavy atom. The third kappa shape index (κ3) is 1.74. The number of nitrogens with two attached hydrogens (primary N) is 1. The Hall–Kier alpha value is -1.69. The molecule has 88 valence electrons. The fraction of sp³-hybridized carbons (Fsp3) is 0.182. The molecule has 0 spiro atoms. The molecule has 6 heteroatoms. The van der Waals surface area contributed by atoms with Crippen LogP contribution in [0.4, 0.5) is 5.82 Å². The lowest BCUT2D eigenvalue weighted by Crippen LogP contribution is -2.15. The van der Waals surface area contributed by atoms with E-state index in [2.05, 4.69) is 21.1 Å². The first kappa shape index (κ1) is 10.5. The number of halogens is 1. The van der Waals surface area contributed by atoms with E-state index in [9.17, 15) is 0 Å². The van der Waals surface area contributed by atoms with Crippen LogP contribution in [0.3, 0.4) is 0 Å². The molecule has 2 heterocycles. The highest BCUT2D eigenvalue weighted by Crippen LogP contribution is 2.43.